The summed E-state index contributed by atoms with van der Waals surface area (Å²) in [5.74, 6) is 0.264. The molecule has 5 heteroatoms. The summed E-state index contributed by atoms with van der Waals surface area (Å²) in [6.45, 7) is 3.90. The monoisotopic (exact) mass is 333 g/mol. The largest absolute Gasteiger partial charge is 0.483 e. The van der Waals surface area contributed by atoms with Gasteiger partial charge in [-0.2, -0.15) is 0 Å². The van der Waals surface area contributed by atoms with Gasteiger partial charge in [0.2, 0.25) is 0 Å². The molecule has 0 bridgehead atoms. The predicted octanol–water partition coefficient (Wildman–Crippen LogP) is 3.60. The first-order valence-electron chi connectivity index (χ1n) is 7.88. The Kier molecular flexibility index (Phi) is 3.32. The number of rotatable bonds is 2. The molecule has 3 aromatic rings. The van der Waals surface area contributed by atoms with E-state index >= 15 is 0 Å². The van der Waals surface area contributed by atoms with Gasteiger partial charge in [0.25, 0.3) is 0 Å². The zero-order chi connectivity index (χ0) is 17.6. The van der Waals surface area contributed by atoms with Gasteiger partial charge in [-0.1, -0.05) is 0 Å². The third kappa shape index (κ3) is 2.63. The van der Waals surface area contributed by atoms with E-state index in [0.29, 0.717) is 27.8 Å². The Morgan fingerprint density at radius 3 is 2.64 bits per heavy atom. The molecule has 0 saturated heterocycles. The highest BCUT2D eigenvalue weighted by atomic mass is 16.5. The molecular weight excluding hydrogens is 318 g/mol. The van der Waals surface area contributed by atoms with Gasteiger partial charge in [-0.05, 0) is 56.3 Å². The molecule has 0 radical (unpaired) electrons. The molecule has 0 saturated carbocycles. The van der Waals surface area contributed by atoms with E-state index in [9.17, 15) is 9.59 Å². The van der Waals surface area contributed by atoms with E-state index in [2.05, 4.69) is 4.98 Å². The minimum absolute atomic E-state index is 0.000290. The standard InChI is InChI=1S/C20H15NO4/c1-20(2)8-5-14-16(25-20)4-3-13-11-15(19(23)24-18(13)14)17(22)12-6-9-21-10-7-12/h3-11H,1-2H3. The number of ketones is 1. The van der Waals surface area contributed by atoms with E-state index in [1.807, 2.05) is 32.1 Å². The van der Waals surface area contributed by atoms with Crippen molar-refractivity contribution in [1.29, 1.82) is 0 Å². The number of hydrogen-bond donors (Lipinski definition) is 0. The number of carbonyl (C=O) groups excluding carboxylic acids is 1. The molecule has 2 aromatic heterocycles. The molecule has 0 aliphatic carbocycles. The first-order valence-corrected chi connectivity index (χ1v) is 7.88. The fourth-order valence-corrected chi connectivity index (χ4v) is 2.85. The highest BCUT2D eigenvalue weighted by Gasteiger charge is 2.24. The summed E-state index contributed by atoms with van der Waals surface area (Å²) in [6, 6.07) is 8.31. The molecule has 0 amide bonds. The van der Waals surface area contributed by atoms with Crippen molar-refractivity contribution in [3.63, 3.8) is 0 Å². The van der Waals surface area contributed by atoms with Crippen molar-refractivity contribution in [2.75, 3.05) is 0 Å². The lowest BCUT2D eigenvalue weighted by Gasteiger charge is -2.27. The normalized spacial score (nSPS) is 14.8. The Morgan fingerprint density at radius 1 is 1.12 bits per heavy atom. The second-order valence-corrected chi connectivity index (χ2v) is 6.45. The Bertz CT molecular complexity index is 1080. The van der Waals surface area contributed by atoms with Gasteiger partial charge in [-0.25, -0.2) is 4.79 Å². The zero-order valence-corrected chi connectivity index (χ0v) is 13.8. The molecule has 1 aromatic carbocycles. The Hall–Kier alpha value is -3.21. The second kappa shape index (κ2) is 5.41. The third-order valence-corrected chi connectivity index (χ3v) is 4.11. The molecule has 5 nitrogen and oxygen atoms in total. The first-order chi connectivity index (χ1) is 11.9. The van der Waals surface area contributed by atoms with Gasteiger partial charge >= 0.3 is 5.63 Å². The summed E-state index contributed by atoms with van der Waals surface area (Å²) in [7, 11) is 0. The van der Waals surface area contributed by atoms with Crippen LogP contribution in [-0.4, -0.2) is 16.4 Å². The molecule has 0 fully saturated rings. The van der Waals surface area contributed by atoms with Crippen LogP contribution >= 0.6 is 0 Å². The van der Waals surface area contributed by atoms with Gasteiger partial charge in [-0.3, -0.25) is 9.78 Å². The third-order valence-electron chi connectivity index (χ3n) is 4.11. The molecule has 0 unspecified atom stereocenters. The van der Waals surface area contributed by atoms with Crippen molar-refractivity contribution in [1.82, 2.24) is 4.98 Å². The molecule has 0 N–H and O–H groups in total. The van der Waals surface area contributed by atoms with Crippen molar-refractivity contribution < 1.29 is 13.9 Å². The van der Waals surface area contributed by atoms with E-state index in [4.69, 9.17) is 9.15 Å². The molecule has 1 aliphatic heterocycles. The molecule has 0 atom stereocenters. The van der Waals surface area contributed by atoms with Crippen molar-refractivity contribution >= 4 is 22.8 Å². The molecule has 0 spiro atoms. The molecule has 1 aliphatic rings. The summed E-state index contributed by atoms with van der Waals surface area (Å²) in [6.07, 6.45) is 6.81. The van der Waals surface area contributed by atoms with Crippen LogP contribution in [0.2, 0.25) is 0 Å². The topological polar surface area (TPSA) is 69.4 Å². The van der Waals surface area contributed by atoms with Crippen molar-refractivity contribution in [3.8, 4) is 5.75 Å². The summed E-state index contributed by atoms with van der Waals surface area (Å²) >= 11 is 0. The molecule has 124 valence electrons. The van der Waals surface area contributed by atoms with Crippen LogP contribution in [0.3, 0.4) is 0 Å². The Balaban J connectivity index is 1.88. The van der Waals surface area contributed by atoms with E-state index < -0.39 is 11.2 Å². The van der Waals surface area contributed by atoms with Crippen molar-refractivity contribution in [2.24, 2.45) is 0 Å². The molecule has 4 rings (SSSR count). The minimum atomic E-state index is -0.666. The van der Waals surface area contributed by atoms with E-state index in [1.165, 1.54) is 12.4 Å². The fourth-order valence-electron chi connectivity index (χ4n) is 2.85. The maximum atomic E-state index is 12.6. The number of fused-ring (bicyclic) bond motifs is 3. The Labute approximate surface area is 143 Å². The highest BCUT2D eigenvalue weighted by Crippen LogP contribution is 2.35. The van der Waals surface area contributed by atoms with Crippen LogP contribution in [-0.2, 0) is 0 Å². The Morgan fingerprint density at radius 2 is 1.88 bits per heavy atom. The lowest BCUT2D eigenvalue weighted by atomic mass is 9.99. The van der Waals surface area contributed by atoms with Gasteiger partial charge in [0, 0.05) is 23.3 Å². The van der Waals surface area contributed by atoms with Crippen LogP contribution in [0, 0.1) is 0 Å². The average molecular weight is 333 g/mol. The van der Waals surface area contributed by atoms with Gasteiger partial charge in [-0.15, -0.1) is 0 Å². The van der Waals surface area contributed by atoms with E-state index in [1.54, 1.807) is 24.3 Å². The zero-order valence-electron chi connectivity index (χ0n) is 13.8. The number of aromatic nitrogens is 1. The van der Waals surface area contributed by atoms with Crippen LogP contribution in [0.25, 0.3) is 17.0 Å². The van der Waals surface area contributed by atoms with Crippen LogP contribution < -0.4 is 10.4 Å². The van der Waals surface area contributed by atoms with Crippen LogP contribution in [0.5, 0.6) is 5.75 Å². The summed E-state index contributed by atoms with van der Waals surface area (Å²) < 4.78 is 11.4. The van der Waals surface area contributed by atoms with Crippen molar-refractivity contribution in [3.05, 3.63) is 75.9 Å². The van der Waals surface area contributed by atoms with Crippen LogP contribution in [0.4, 0.5) is 0 Å². The number of pyridine rings is 1. The summed E-state index contributed by atoms with van der Waals surface area (Å²) in [4.78, 5) is 28.8. The number of carbonyl (C=O) groups is 1. The number of nitrogens with zero attached hydrogens (tertiary/aromatic N) is 1. The van der Waals surface area contributed by atoms with E-state index in [-0.39, 0.29) is 11.3 Å². The summed E-state index contributed by atoms with van der Waals surface area (Å²) in [5.41, 5.74) is 0.431. The number of hydrogen-bond acceptors (Lipinski definition) is 5. The lowest BCUT2D eigenvalue weighted by molar-refractivity contribution is 0.103. The second-order valence-electron chi connectivity index (χ2n) is 6.45. The van der Waals surface area contributed by atoms with Gasteiger partial charge in [0.1, 0.15) is 22.5 Å². The molecular formula is C20H15NO4. The molecule has 3 heterocycles. The van der Waals surface area contributed by atoms with Crippen LogP contribution in [0.1, 0.15) is 35.3 Å². The van der Waals surface area contributed by atoms with Gasteiger partial charge in [0.15, 0.2) is 5.78 Å². The van der Waals surface area contributed by atoms with Crippen LogP contribution in [0.15, 0.2) is 58.0 Å². The number of benzene rings is 1. The predicted molar refractivity (Wildman–Crippen MR) is 93.9 cm³/mol. The van der Waals surface area contributed by atoms with E-state index in [0.717, 1.165) is 0 Å². The van der Waals surface area contributed by atoms with Gasteiger partial charge < -0.3 is 9.15 Å². The van der Waals surface area contributed by atoms with Crippen molar-refractivity contribution in [2.45, 2.75) is 19.4 Å². The maximum absolute atomic E-state index is 12.6. The lowest BCUT2D eigenvalue weighted by Crippen LogP contribution is -2.27. The quantitative estimate of drug-likeness (QED) is 0.529. The summed E-state index contributed by atoms with van der Waals surface area (Å²) in [5, 5.41) is 0.670. The smallest absolute Gasteiger partial charge is 0.347 e. The average Bonchev–Trinajstić information content (AvgIpc) is 2.60. The minimum Gasteiger partial charge on any atom is -0.483 e. The van der Waals surface area contributed by atoms with Gasteiger partial charge in [0.05, 0.1) is 5.56 Å². The SMILES string of the molecule is CC1(C)C=Cc2c(ccc3cc(C(=O)c4ccncc4)c(=O)oc23)O1. The molecule has 25 heavy (non-hydrogen) atoms. The number of ether oxygens (including phenoxy) is 1. The fraction of sp³-hybridized carbons (Fsp3) is 0.150. The first kappa shape index (κ1) is 15.3. The highest BCUT2D eigenvalue weighted by molar-refractivity contribution is 6.10. The maximum Gasteiger partial charge on any atom is 0.347 e.